The molecule has 2 aromatic rings. The number of nitrogens with zero attached hydrogens (tertiary/aromatic N) is 3. The van der Waals surface area contributed by atoms with E-state index >= 15 is 0 Å². The molecule has 0 bridgehead atoms. The Bertz CT molecular complexity index is 649. The van der Waals surface area contributed by atoms with Crippen molar-refractivity contribution < 1.29 is 4.84 Å². The maximum Gasteiger partial charge on any atom is 0.145 e. The average molecular weight is 282 g/mol. The molecule has 0 radical (unpaired) electrons. The molecule has 0 spiro atoms. The van der Waals surface area contributed by atoms with Gasteiger partial charge >= 0.3 is 0 Å². The Morgan fingerprint density at radius 3 is 3.10 bits per heavy atom. The third kappa shape index (κ3) is 2.56. The van der Waals surface area contributed by atoms with E-state index in [0.717, 1.165) is 43.8 Å². The predicted molar refractivity (Wildman–Crippen MR) is 80.0 cm³/mol. The van der Waals surface area contributed by atoms with Gasteiger partial charge in [-0.1, -0.05) is 35.5 Å². The summed E-state index contributed by atoms with van der Waals surface area (Å²) in [6.45, 7) is 2.88. The SMILES string of the molecule is c1ccc(C2=NOC(CN3CCc4nc[nH]c4C3)C2)cc1. The monoisotopic (exact) mass is 282 g/mol. The Morgan fingerprint density at radius 2 is 2.19 bits per heavy atom. The molecule has 1 aromatic heterocycles. The molecule has 2 aliphatic heterocycles. The van der Waals surface area contributed by atoms with E-state index in [1.807, 2.05) is 18.2 Å². The van der Waals surface area contributed by atoms with E-state index in [4.69, 9.17) is 4.84 Å². The maximum atomic E-state index is 5.61. The highest BCUT2D eigenvalue weighted by Crippen LogP contribution is 2.20. The van der Waals surface area contributed by atoms with E-state index in [1.54, 1.807) is 6.33 Å². The van der Waals surface area contributed by atoms with Crippen LogP contribution in [-0.2, 0) is 17.8 Å². The standard InChI is InChI=1S/C16H18N4O/c1-2-4-12(5-3-1)15-8-13(21-19-15)9-20-7-6-14-16(10-20)18-11-17-14/h1-5,11,13H,6-10H2,(H,17,18). The zero-order chi connectivity index (χ0) is 14.1. The summed E-state index contributed by atoms with van der Waals surface area (Å²) in [6, 6.07) is 10.3. The van der Waals surface area contributed by atoms with Gasteiger partial charge in [-0.15, -0.1) is 0 Å². The second-order valence-electron chi connectivity index (χ2n) is 5.65. The van der Waals surface area contributed by atoms with E-state index < -0.39 is 0 Å². The molecule has 0 fully saturated rings. The molecule has 21 heavy (non-hydrogen) atoms. The molecule has 2 aliphatic rings. The van der Waals surface area contributed by atoms with Crippen molar-refractivity contribution in [3.05, 3.63) is 53.6 Å². The molecule has 0 saturated carbocycles. The number of imidazole rings is 1. The summed E-state index contributed by atoms with van der Waals surface area (Å²) in [4.78, 5) is 15.6. The molecule has 5 nitrogen and oxygen atoms in total. The van der Waals surface area contributed by atoms with Gasteiger partial charge in [0.25, 0.3) is 0 Å². The fourth-order valence-electron chi connectivity index (χ4n) is 3.04. The van der Waals surface area contributed by atoms with Crippen LogP contribution in [0.1, 0.15) is 23.4 Å². The van der Waals surface area contributed by atoms with Crippen molar-refractivity contribution in [1.82, 2.24) is 14.9 Å². The van der Waals surface area contributed by atoms with Gasteiger partial charge in [0.05, 0.1) is 23.4 Å². The molecule has 1 unspecified atom stereocenters. The number of fused-ring (bicyclic) bond motifs is 1. The van der Waals surface area contributed by atoms with Crippen molar-refractivity contribution in [1.29, 1.82) is 0 Å². The van der Waals surface area contributed by atoms with Gasteiger partial charge in [-0.2, -0.15) is 0 Å². The highest BCUT2D eigenvalue weighted by molar-refractivity contribution is 6.01. The Morgan fingerprint density at radius 1 is 1.29 bits per heavy atom. The van der Waals surface area contributed by atoms with Crippen LogP contribution in [0.15, 0.2) is 41.8 Å². The molecule has 0 amide bonds. The van der Waals surface area contributed by atoms with E-state index in [-0.39, 0.29) is 6.10 Å². The quantitative estimate of drug-likeness (QED) is 0.936. The van der Waals surface area contributed by atoms with Crippen LogP contribution in [0.5, 0.6) is 0 Å². The topological polar surface area (TPSA) is 53.5 Å². The van der Waals surface area contributed by atoms with Gasteiger partial charge in [0.15, 0.2) is 0 Å². The second-order valence-corrected chi connectivity index (χ2v) is 5.65. The number of hydrogen-bond acceptors (Lipinski definition) is 4. The number of hydrogen-bond donors (Lipinski definition) is 1. The summed E-state index contributed by atoms with van der Waals surface area (Å²) in [5, 5.41) is 4.26. The lowest BCUT2D eigenvalue weighted by atomic mass is 10.0. The number of aromatic amines is 1. The number of H-pyrrole nitrogens is 1. The van der Waals surface area contributed by atoms with Crippen molar-refractivity contribution in [3.63, 3.8) is 0 Å². The zero-order valence-corrected chi connectivity index (χ0v) is 11.8. The molecule has 1 N–H and O–H groups in total. The van der Waals surface area contributed by atoms with Gasteiger partial charge < -0.3 is 9.82 Å². The van der Waals surface area contributed by atoms with Crippen molar-refractivity contribution in [2.45, 2.75) is 25.5 Å². The van der Waals surface area contributed by atoms with Crippen molar-refractivity contribution in [3.8, 4) is 0 Å². The number of benzene rings is 1. The van der Waals surface area contributed by atoms with Crippen molar-refractivity contribution in [2.24, 2.45) is 5.16 Å². The summed E-state index contributed by atoms with van der Waals surface area (Å²) >= 11 is 0. The molecule has 1 atom stereocenters. The van der Waals surface area contributed by atoms with Crippen LogP contribution in [0.2, 0.25) is 0 Å². The molecule has 4 rings (SSSR count). The van der Waals surface area contributed by atoms with Gasteiger partial charge in [-0.05, 0) is 5.56 Å². The van der Waals surface area contributed by atoms with Gasteiger partial charge in [0, 0.05) is 32.5 Å². The van der Waals surface area contributed by atoms with Gasteiger partial charge in [0.1, 0.15) is 6.10 Å². The third-order valence-electron chi connectivity index (χ3n) is 4.16. The lowest BCUT2D eigenvalue weighted by Crippen LogP contribution is -2.36. The predicted octanol–water partition coefficient (Wildman–Crippen LogP) is 1.96. The van der Waals surface area contributed by atoms with Gasteiger partial charge in [-0.3, -0.25) is 4.90 Å². The van der Waals surface area contributed by atoms with E-state index in [0.29, 0.717) is 0 Å². The van der Waals surface area contributed by atoms with Crippen LogP contribution < -0.4 is 0 Å². The van der Waals surface area contributed by atoms with Crippen LogP contribution in [0.4, 0.5) is 0 Å². The first-order valence-corrected chi connectivity index (χ1v) is 7.40. The van der Waals surface area contributed by atoms with Crippen LogP contribution in [0.25, 0.3) is 0 Å². The molecule has 108 valence electrons. The number of rotatable bonds is 3. The first-order chi connectivity index (χ1) is 10.4. The van der Waals surface area contributed by atoms with Crippen LogP contribution in [0, 0.1) is 0 Å². The largest absolute Gasteiger partial charge is 0.390 e. The summed E-state index contributed by atoms with van der Waals surface area (Å²) in [6.07, 6.45) is 3.84. The van der Waals surface area contributed by atoms with E-state index in [2.05, 4.69) is 32.2 Å². The lowest BCUT2D eigenvalue weighted by Gasteiger charge is -2.27. The summed E-state index contributed by atoms with van der Waals surface area (Å²) < 4.78 is 0. The Kier molecular flexibility index (Phi) is 3.20. The van der Waals surface area contributed by atoms with Gasteiger partial charge in [0.2, 0.25) is 0 Å². The molecule has 0 saturated heterocycles. The Hall–Kier alpha value is -2.14. The highest BCUT2D eigenvalue weighted by atomic mass is 16.6. The molecular weight excluding hydrogens is 264 g/mol. The van der Waals surface area contributed by atoms with Crippen LogP contribution in [0.3, 0.4) is 0 Å². The fraction of sp³-hybridized carbons (Fsp3) is 0.375. The molecular formula is C16H18N4O. The molecule has 0 aliphatic carbocycles. The fourth-order valence-corrected chi connectivity index (χ4v) is 3.04. The summed E-state index contributed by atoms with van der Waals surface area (Å²) in [5.74, 6) is 0. The minimum absolute atomic E-state index is 0.157. The Balaban J connectivity index is 1.36. The molecule has 3 heterocycles. The highest BCUT2D eigenvalue weighted by Gasteiger charge is 2.26. The molecule has 1 aromatic carbocycles. The number of oxime groups is 1. The first kappa shape index (κ1) is 12.6. The van der Waals surface area contributed by atoms with Crippen molar-refractivity contribution >= 4 is 5.71 Å². The summed E-state index contributed by atoms with van der Waals surface area (Å²) in [5.41, 5.74) is 4.66. The van der Waals surface area contributed by atoms with E-state index in [1.165, 1.54) is 11.4 Å². The normalized spacial score (nSPS) is 21.7. The number of aromatic nitrogens is 2. The van der Waals surface area contributed by atoms with Gasteiger partial charge in [-0.25, -0.2) is 4.98 Å². The smallest absolute Gasteiger partial charge is 0.145 e. The van der Waals surface area contributed by atoms with Crippen molar-refractivity contribution in [2.75, 3.05) is 13.1 Å². The maximum absolute atomic E-state index is 5.61. The van der Waals surface area contributed by atoms with Crippen LogP contribution in [-0.4, -0.2) is 39.8 Å². The zero-order valence-electron chi connectivity index (χ0n) is 11.8. The minimum Gasteiger partial charge on any atom is -0.390 e. The van der Waals surface area contributed by atoms with E-state index in [9.17, 15) is 0 Å². The number of nitrogens with one attached hydrogen (secondary N) is 1. The molecule has 5 heteroatoms. The van der Waals surface area contributed by atoms with Crippen LogP contribution >= 0.6 is 0 Å². The minimum atomic E-state index is 0.157. The third-order valence-corrected chi connectivity index (χ3v) is 4.16. The first-order valence-electron chi connectivity index (χ1n) is 7.40. The second kappa shape index (κ2) is 5.33. The lowest BCUT2D eigenvalue weighted by molar-refractivity contribution is 0.0483. The summed E-state index contributed by atoms with van der Waals surface area (Å²) in [7, 11) is 0. The average Bonchev–Trinajstić information content (AvgIpc) is 3.17. The Labute approximate surface area is 123 Å².